The van der Waals surface area contributed by atoms with Crippen molar-refractivity contribution in [1.82, 2.24) is 4.90 Å². The van der Waals surface area contributed by atoms with Gasteiger partial charge in [0.2, 0.25) is 0 Å². The molecule has 0 fully saturated rings. The maximum Gasteiger partial charge on any atom is 0.102 e. The molecule has 0 aromatic heterocycles. The van der Waals surface area contributed by atoms with E-state index in [9.17, 15) is 0 Å². The lowest BCUT2D eigenvalue weighted by molar-refractivity contribution is 0.374. The Labute approximate surface area is 126 Å². The summed E-state index contributed by atoms with van der Waals surface area (Å²) >= 11 is 0. The molecule has 3 rings (SSSR count). The highest BCUT2D eigenvalue weighted by Gasteiger charge is 2.22. The second kappa shape index (κ2) is 6.10. The summed E-state index contributed by atoms with van der Waals surface area (Å²) in [4.78, 5) is 7.01. The second-order valence-corrected chi connectivity index (χ2v) is 5.03. The number of nitrogens with zero attached hydrogens (tertiary/aromatic N) is 2. The van der Waals surface area contributed by atoms with E-state index < -0.39 is 0 Å². The first-order chi connectivity index (χ1) is 9.25. The van der Waals surface area contributed by atoms with E-state index >= 15 is 0 Å². The molecule has 0 amide bonds. The minimum absolute atomic E-state index is 0. The number of hydrogen-bond donors (Lipinski definition) is 0. The smallest absolute Gasteiger partial charge is 0.102 e. The van der Waals surface area contributed by atoms with Crippen LogP contribution in [0.25, 0.3) is 0 Å². The highest BCUT2D eigenvalue weighted by atomic mass is 35.5. The van der Waals surface area contributed by atoms with Crippen LogP contribution >= 0.6 is 12.4 Å². The van der Waals surface area contributed by atoms with Crippen LogP contribution in [0.4, 0.5) is 5.69 Å². The number of aliphatic imine (C=N–C) groups is 1. The van der Waals surface area contributed by atoms with Crippen LogP contribution in [0, 0.1) is 0 Å². The maximum atomic E-state index is 4.74. The first-order valence-corrected chi connectivity index (χ1v) is 6.66. The summed E-state index contributed by atoms with van der Waals surface area (Å²) in [5, 5.41) is 0. The van der Waals surface area contributed by atoms with Crippen LogP contribution in [-0.4, -0.2) is 17.8 Å². The molecule has 2 aromatic rings. The monoisotopic (exact) mass is 286 g/mol. The minimum Gasteiger partial charge on any atom is -0.356 e. The van der Waals surface area contributed by atoms with Gasteiger partial charge in [0.1, 0.15) is 5.84 Å². The molecule has 0 aliphatic carbocycles. The fourth-order valence-electron chi connectivity index (χ4n) is 2.63. The van der Waals surface area contributed by atoms with Crippen LogP contribution < -0.4 is 0 Å². The van der Waals surface area contributed by atoms with Crippen LogP contribution in [0.15, 0.2) is 59.6 Å². The molecule has 1 heterocycles. The molecular weight excluding hydrogens is 268 g/mol. The second-order valence-electron chi connectivity index (χ2n) is 5.03. The fraction of sp³-hybridized carbons (Fsp3) is 0.235. The predicted molar refractivity (Wildman–Crippen MR) is 87.1 cm³/mol. The molecule has 1 atom stereocenters. The Morgan fingerprint density at radius 1 is 1.00 bits per heavy atom. The van der Waals surface area contributed by atoms with Crippen molar-refractivity contribution in [3.63, 3.8) is 0 Å². The lowest BCUT2D eigenvalue weighted by Gasteiger charge is -2.28. The molecule has 20 heavy (non-hydrogen) atoms. The molecule has 0 bridgehead atoms. The zero-order chi connectivity index (χ0) is 13.2. The Kier molecular flexibility index (Phi) is 4.46. The predicted octanol–water partition coefficient (Wildman–Crippen LogP) is 4.39. The van der Waals surface area contributed by atoms with Gasteiger partial charge in [0.25, 0.3) is 0 Å². The van der Waals surface area contributed by atoms with Crippen LogP contribution in [0.3, 0.4) is 0 Å². The number of amidine groups is 1. The summed E-state index contributed by atoms with van der Waals surface area (Å²) < 4.78 is 0. The quantitative estimate of drug-likeness (QED) is 0.759. The van der Waals surface area contributed by atoms with E-state index in [0.29, 0.717) is 6.04 Å². The summed E-state index contributed by atoms with van der Waals surface area (Å²) in [5.41, 5.74) is 3.77. The first-order valence-electron chi connectivity index (χ1n) is 6.66. The SMILES string of the molecule is CC1=Nc2ccccc2CC(c2ccccc2)N1C.Cl. The molecule has 104 valence electrons. The van der Waals surface area contributed by atoms with Crippen molar-refractivity contribution in [3.05, 3.63) is 65.7 Å². The van der Waals surface area contributed by atoms with Gasteiger partial charge in [-0.25, -0.2) is 4.99 Å². The van der Waals surface area contributed by atoms with Crippen molar-refractivity contribution in [1.29, 1.82) is 0 Å². The fourth-order valence-corrected chi connectivity index (χ4v) is 2.63. The third kappa shape index (κ3) is 2.70. The first kappa shape index (κ1) is 14.6. The molecule has 2 aromatic carbocycles. The highest BCUT2D eigenvalue weighted by molar-refractivity contribution is 5.85. The zero-order valence-corrected chi connectivity index (χ0v) is 12.6. The van der Waals surface area contributed by atoms with Gasteiger partial charge in [-0.2, -0.15) is 0 Å². The summed E-state index contributed by atoms with van der Waals surface area (Å²) in [6, 6.07) is 19.4. The van der Waals surface area contributed by atoms with Crippen molar-refractivity contribution in [2.45, 2.75) is 19.4 Å². The lowest BCUT2D eigenvalue weighted by atomic mass is 9.97. The number of hydrogen-bond acceptors (Lipinski definition) is 2. The van der Waals surface area contributed by atoms with E-state index in [1.807, 2.05) is 0 Å². The molecule has 1 aliphatic heterocycles. The van der Waals surface area contributed by atoms with E-state index in [4.69, 9.17) is 4.99 Å². The van der Waals surface area contributed by atoms with Gasteiger partial charge in [-0.1, -0.05) is 48.5 Å². The Morgan fingerprint density at radius 2 is 1.65 bits per heavy atom. The zero-order valence-electron chi connectivity index (χ0n) is 11.8. The summed E-state index contributed by atoms with van der Waals surface area (Å²) in [6.07, 6.45) is 0.998. The normalized spacial score (nSPS) is 17.6. The number of halogens is 1. The van der Waals surface area contributed by atoms with Crippen molar-refractivity contribution in [2.75, 3.05) is 7.05 Å². The van der Waals surface area contributed by atoms with Crippen molar-refractivity contribution in [3.8, 4) is 0 Å². The third-order valence-corrected chi connectivity index (χ3v) is 3.85. The molecule has 1 aliphatic rings. The van der Waals surface area contributed by atoms with E-state index in [0.717, 1.165) is 17.9 Å². The Hall–Kier alpha value is -1.80. The van der Waals surface area contributed by atoms with E-state index in [-0.39, 0.29) is 12.4 Å². The van der Waals surface area contributed by atoms with Gasteiger partial charge in [0.05, 0.1) is 11.7 Å². The van der Waals surface area contributed by atoms with Crippen LogP contribution in [0.1, 0.15) is 24.1 Å². The Morgan fingerprint density at radius 3 is 2.40 bits per heavy atom. The van der Waals surface area contributed by atoms with Crippen LogP contribution in [0.2, 0.25) is 0 Å². The molecule has 2 nitrogen and oxygen atoms in total. The molecule has 0 spiro atoms. The number of rotatable bonds is 1. The molecule has 3 heteroatoms. The van der Waals surface area contributed by atoms with Crippen LogP contribution in [-0.2, 0) is 6.42 Å². The third-order valence-electron chi connectivity index (χ3n) is 3.85. The molecular formula is C17H19ClN2. The number of likely N-dealkylation sites (N-methyl/N-ethyl adjacent to an activating group) is 1. The Balaban J connectivity index is 0.00000147. The highest BCUT2D eigenvalue weighted by Crippen LogP contribution is 2.32. The van der Waals surface area contributed by atoms with Crippen molar-refractivity contribution in [2.24, 2.45) is 4.99 Å². The van der Waals surface area contributed by atoms with Gasteiger partial charge in [-0.15, -0.1) is 12.4 Å². The van der Waals surface area contributed by atoms with Crippen molar-refractivity contribution < 1.29 is 0 Å². The summed E-state index contributed by atoms with van der Waals surface area (Å²) in [7, 11) is 2.13. The molecule has 0 saturated heterocycles. The standard InChI is InChI=1S/C17H18N2.ClH/c1-13-18-16-11-7-6-10-15(16)12-17(19(13)2)14-8-4-3-5-9-14;/h3-11,17H,12H2,1-2H3;1H. The van der Waals surface area contributed by atoms with E-state index in [2.05, 4.69) is 73.5 Å². The number of benzene rings is 2. The molecule has 1 unspecified atom stereocenters. The topological polar surface area (TPSA) is 15.6 Å². The van der Waals surface area contributed by atoms with Crippen molar-refractivity contribution >= 4 is 23.9 Å². The van der Waals surface area contributed by atoms with Gasteiger partial charge in [-0.05, 0) is 30.5 Å². The molecule has 0 radical (unpaired) electrons. The van der Waals surface area contributed by atoms with E-state index in [1.165, 1.54) is 11.1 Å². The Bertz CT molecular complexity index is 607. The van der Waals surface area contributed by atoms with Gasteiger partial charge in [0, 0.05) is 7.05 Å². The largest absolute Gasteiger partial charge is 0.356 e. The van der Waals surface area contributed by atoms with Crippen LogP contribution in [0.5, 0.6) is 0 Å². The van der Waals surface area contributed by atoms with Gasteiger partial charge in [-0.3, -0.25) is 0 Å². The maximum absolute atomic E-state index is 4.74. The molecule has 0 saturated carbocycles. The number of para-hydroxylation sites is 1. The number of fused-ring (bicyclic) bond motifs is 1. The average Bonchev–Trinajstić information content (AvgIpc) is 2.58. The van der Waals surface area contributed by atoms with Gasteiger partial charge >= 0.3 is 0 Å². The van der Waals surface area contributed by atoms with Gasteiger partial charge < -0.3 is 4.90 Å². The van der Waals surface area contributed by atoms with E-state index in [1.54, 1.807) is 0 Å². The molecule has 0 N–H and O–H groups in total. The van der Waals surface area contributed by atoms with Gasteiger partial charge in [0.15, 0.2) is 0 Å². The summed E-state index contributed by atoms with van der Waals surface area (Å²) in [6.45, 7) is 2.08. The lowest BCUT2D eigenvalue weighted by Crippen LogP contribution is -2.29. The average molecular weight is 287 g/mol. The minimum atomic E-state index is 0. The summed E-state index contributed by atoms with van der Waals surface area (Å²) in [5.74, 6) is 1.07.